The Bertz CT molecular complexity index is 962. The van der Waals surface area contributed by atoms with Crippen LogP contribution in [0.5, 0.6) is 0 Å². The molecule has 1 aromatic heterocycles. The van der Waals surface area contributed by atoms with Crippen molar-refractivity contribution in [2.45, 2.75) is 24.3 Å². The minimum absolute atomic E-state index is 0.144. The number of carbonyl (C=O) groups is 3. The van der Waals surface area contributed by atoms with Crippen LogP contribution in [0.2, 0.25) is 0 Å². The van der Waals surface area contributed by atoms with E-state index in [9.17, 15) is 18.8 Å². The highest BCUT2D eigenvalue weighted by atomic mass is 32.2. The van der Waals surface area contributed by atoms with Gasteiger partial charge in [-0.1, -0.05) is 24.3 Å². The minimum Gasteiger partial charge on any atom is -0.350 e. The van der Waals surface area contributed by atoms with Crippen molar-refractivity contribution < 1.29 is 18.8 Å². The third kappa shape index (κ3) is 4.41. The first kappa shape index (κ1) is 20.6. The Morgan fingerprint density at radius 2 is 1.97 bits per heavy atom. The van der Waals surface area contributed by atoms with Crippen LogP contribution in [0.3, 0.4) is 0 Å². The van der Waals surface area contributed by atoms with E-state index >= 15 is 0 Å². The van der Waals surface area contributed by atoms with Gasteiger partial charge >= 0.3 is 6.03 Å². The summed E-state index contributed by atoms with van der Waals surface area (Å²) in [5.41, 5.74) is 0.761. The number of thioether (sulfide) groups is 1. The number of halogens is 1. The smallest absolute Gasteiger partial charge is 0.327 e. The molecule has 6 nitrogen and oxygen atoms in total. The quantitative estimate of drug-likeness (QED) is 0.711. The predicted molar refractivity (Wildman–Crippen MR) is 114 cm³/mol. The molecule has 1 aromatic carbocycles. The van der Waals surface area contributed by atoms with Crippen molar-refractivity contribution in [1.29, 1.82) is 0 Å². The van der Waals surface area contributed by atoms with Gasteiger partial charge in [0.2, 0.25) is 11.8 Å². The van der Waals surface area contributed by atoms with Crippen molar-refractivity contribution in [2.75, 3.05) is 13.1 Å². The lowest BCUT2D eigenvalue weighted by Crippen LogP contribution is -2.63. The van der Waals surface area contributed by atoms with Crippen LogP contribution in [0.15, 0.2) is 53.3 Å². The number of amides is 4. The topological polar surface area (TPSA) is 69.7 Å². The van der Waals surface area contributed by atoms with Gasteiger partial charge in [-0.3, -0.25) is 14.5 Å². The number of fused-ring (bicyclic) bond motifs is 1. The van der Waals surface area contributed by atoms with E-state index in [2.05, 4.69) is 5.32 Å². The van der Waals surface area contributed by atoms with E-state index in [4.69, 9.17) is 0 Å². The van der Waals surface area contributed by atoms with E-state index < -0.39 is 17.3 Å². The molecule has 1 saturated heterocycles. The van der Waals surface area contributed by atoms with Crippen LogP contribution in [0.4, 0.5) is 9.18 Å². The van der Waals surface area contributed by atoms with Crippen molar-refractivity contribution in [3.63, 3.8) is 0 Å². The average molecular weight is 446 g/mol. The maximum atomic E-state index is 13.1. The highest BCUT2D eigenvalue weighted by Gasteiger charge is 2.47. The molecule has 2 aromatic rings. The van der Waals surface area contributed by atoms with Gasteiger partial charge in [0.05, 0.1) is 6.04 Å². The molecule has 1 fully saturated rings. The van der Waals surface area contributed by atoms with Crippen LogP contribution < -0.4 is 5.32 Å². The molecule has 156 valence electrons. The molecule has 30 heavy (non-hydrogen) atoms. The lowest BCUT2D eigenvalue weighted by molar-refractivity contribution is -0.133. The first-order valence-corrected chi connectivity index (χ1v) is 11.3. The monoisotopic (exact) mass is 445 g/mol. The molecule has 9 heteroatoms. The number of hydrogen-bond acceptors (Lipinski definition) is 5. The first-order valence-electron chi connectivity index (χ1n) is 9.50. The van der Waals surface area contributed by atoms with Gasteiger partial charge in [-0.25, -0.2) is 9.18 Å². The molecule has 0 radical (unpaired) electrons. The number of rotatable bonds is 7. The number of benzene rings is 1. The van der Waals surface area contributed by atoms with Gasteiger partial charge in [0.15, 0.2) is 0 Å². The summed E-state index contributed by atoms with van der Waals surface area (Å²) in [7, 11) is 0. The number of nitrogens with zero attached hydrogens (tertiary/aromatic N) is 2. The zero-order chi connectivity index (χ0) is 21.1. The summed E-state index contributed by atoms with van der Waals surface area (Å²) in [4.78, 5) is 42.2. The molecule has 0 spiro atoms. The van der Waals surface area contributed by atoms with Gasteiger partial charge in [-0.15, -0.1) is 23.1 Å². The second-order valence-corrected chi connectivity index (χ2v) is 9.09. The predicted octanol–water partition coefficient (Wildman–Crippen LogP) is 3.01. The third-order valence-electron chi connectivity index (χ3n) is 5.04. The van der Waals surface area contributed by atoms with Gasteiger partial charge in [-0.2, -0.15) is 0 Å². The van der Waals surface area contributed by atoms with Crippen molar-refractivity contribution >= 4 is 40.9 Å². The van der Waals surface area contributed by atoms with Crippen LogP contribution in [0, 0.1) is 5.82 Å². The van der Waals surface area contributed by atoms with E-state index in [1.54, 1.807) is 29.5 Å². The van der Waals surface area contributed by atoms with E-state index in [1.165, 1.54) is 33.7 Å². The minimum atomic E-state index is -0.443. The van der Waals surface area contributed by atoms with Crippen molar-refractivity contribution in [3.8, 4) is 0 Å². The molecule has 0 bridgehead atoms. The van der Waals surface area contributed by atoms with E-state index in [-0.39, 0.29) is 37.3 Å². The highest BCUT2D eigenvalue weighted by molar-refractivity contribution is 8.03. The van der Waals surface area contributed by atoms with Crippen molar-refractivity contribution in [3.05, 3.63) is 69.5 Å². The summed E-state index contributed by atoms with van der Waals surface area (Å²) in [5.74, 6) is -0.878. The zero-order valence-corrected chi connectivity index (χ0v) is 17.6. The Labute approximate surface area is 181 Å². The zero-order valence-electron chi connectivity index (χ0n) is 16.0. The summed E-state index contributed by atoms with van der Waals surface area (Å²) in [5, 5.41) is 6.11. The largest absolute Gasteiger partial charge is 0.350 e. The number of urea groups is 1. The van der Waals surface area contributed by atoms with Gasteiger partial charge in [0.1, 0.15) is 17.6 Å². The lowest BCUT2D eigenvalue weighted by atomic mass is 10.1. The molecule has 0 aliphatic carbocycles. The van der Waals surface area contributed by atoms with Crippen LogP contribution >= 0.6 is 23.1 Å². The molecule has 2 aliphatic rings. The Kier molecular flexibility index (Phi) is 6.19. The number of thiophene rings is 1. The van der Waals surface area contributed by atoms with E-state index in [0.29, 0.717) is 6.42 Å². The Balaban J connectivity index is 1.41. The molecular weight excluding hydrogens is 425 g/mol. The summed E-state index contributed by atoms with van der Waals surface area (Å²) < 4.78 is 13.0. The first-order chi connectivity index (χ1) is 14.5. The Morgan fingerprint density at radius 1 is 1.17 bits per heavy atom. The van der Waals surface area contributed by atoms with Crippen LogP contribution in [-0.4, -0.2) is 52.0 Å². The molecule has 4 amide bonds. The second kappa shape index (κ2) is 9.01. The summed E-state index contributed by atoms with van der Waals surface area (Å²) >= 11 is 2.96. The molecule has 0 saturated carbocycles. The normalized spacial score (nSPS) is 20.6. The number of nitrogens with one attached hydrogen (secondary N) is 1. The van der Waals surface area contributed by atoms with Gasteiger partial charge < -0.3 is 10.2 Å². The molecule has 3 heterocycles. The van der Waals surface area contributed by atoms with Crippen LogP contribution in [-0.2, 0) is 22.6 Å². The fraction of sp³-hybridized carbons (Fsp3) is 0.286. The lowest BCUT2D eigenvalue weighted by Gasteiger charge is -2.40. The standard InChI is InChI=1S/C21H20FN3O3S2/c22-15-5-3-14(4-6-15)12-23-18(26)13-25-17-8-11-30-19(17)20(27)24(21(25)28)9-7-16-2-1-10-29-16/h1-6,8,10-11,17,19H,7,9,12-13H2,(H,23,26). The number of hydrogen-bond donors (Lipinski definition) is 1. The van der Waals surface area contributed by atoms with E-state index in [1.807, 2.05) is 22.9 Å². The maximum absolute atomic E-state index is 13.1. The molecule has 2 aliphatic heterocycles. The molecule has 1 N–H and O–H groups in total. The van der Waals surface area contributed by atoms with Crippen molar-refractivity contribution in [2.24, 2.45) is 0 Å². The molecular formula is C21H20FN3O3S2. The summed E-state index contributed by atoms with van der Waals surface area (Å²) in [6, 6.07) is 8.89. The third-order valence-corrected chi connectivity index (χ3v) is 7.06. The Hall–Kier alpha value is -2.65. The van der Waals surface area contributed by atoms with Gasteiger partial charge in [0.25, 0.3) is 0 Å². The SMILES string of the molecule is O=C(CN1C(=O)N(CCc2cccs2)C(=O)C2SC=CC21)NCc1ccc(F)cc1. The van der Waals surface area contributed by atoms with Gasteiger partial charge in [0, 0.05) is 18.0 Å². The number of carbonyl (C=O) groups excluding carboxylic acids is 3. The average Bonchev–Trinajstić information content (AvgIpc) is 3.43. The molecule has 4 rings (SSSR count). The van der Waals surface area contributed by atoms with Gasteiger partial charge in [-0.05, 0) is 41.0 Å². The van der Waals surface area contributed by atoms with E-state index in [0.717, 1.165) is 10.4 Å². The fourth-order valence-electron chi connectivity index (χ4n) is 3.46. The fourth-order valence-corrected chi connectivity index (χ4v) is 5.22. The van der Waals surface area contributed by atoms with Crippen LogP contribution in [0.25, 0.3) is 0 Å². The Morgan fingerprint density at radius 3 is 2.70 bits per heavy atom. The number of imide groups is 1. The van der Waals surface area contributed by atoms with Crippen LogP contribution in [0.1, 0.15) is 10.4 Å². The molecule has 2 atom stereocenters. The molecule has 2 unspecified atom stereocenters. The van der Waals surface area contributed by atoms with Crippen molar-refractivity contribution in [1.82, 2.24) is 15.1 Å². The maximum Gasteiger partial charge on any atom is 0.327 e. The highest BCUT2D eigenvalue weighted by Crippen LogP contribution is 2.34. The summed E-state index contributed by atoms with van der Waals surface area (Å²) in [6.07, 6.45) is 2.39. The summed E-state index contributed by atoms with van der Waals surface area (Å²) in [6.45, 7) is 0.380. The second-order valence-electron chi connectivity index (χ2n) is 7.01.